The fourth-order valence-corrected chi connectivity index (χ4v) is 4.26. The average molecular weight is 409 g/mol. The van der Waals surface area contributed by atoms with Gasteiger partial charge in [0.2, 0.25) is 0 Å². The second kappa shape index (κ2) is 7.20. The van der Waals surface area contributed by atoms with Gasteiger partial charge in [0.05, 0.1) is 17.4 Å². The number of carbonyl (C=O) groups excluding carboxylic acids is 1. The van der Waals surface area contributed by atoms with Crippen LogP contribution in [0, 0.1) is 0 Å². The first-order valence-electron chi connectivity index (χ1n) is 10.4. The Kier molecular flexibility index (Phi) is 4.47. The smallest absolute Gasteiger partial charge is 0.277 e. The zero-order valence-electron chi connectivity index (χ0n) is 17.8. The molecule has 0 bridgehead atoms. The predicted molar refractivity (Wildman–Crippen MR) is 122 cm³/mol. The van der Waals surface area contributed by atoms with Crippen molar-refractivity contribution in [1.29, 1.82) is 0 Å². The number of nitrogens with one attached hydrogen (secondary N) is 1. The third-order valence-electron chi connectivity index (χ3n) is 5.70. The standard InChI is InChI=1S/C26H24N4O/c1-26(2,3)24-21-22(28-29-24)25(31)30(23(21)18-9-5-4-6-10-18)19-14-12-17(13-15-19)20-11-7-8-16-27-20/h4-16,23H,1-3H3,(H,28,29). The van der Waals surface area contributed by atoms with Crippen molar-refractivity contribution < 1.29 is 4.79 Å². The number of carbonyl (C=O) groups is 1. The first-order chi connectivity index (χ1) is 14.9. The van der Waals surface area contributed by atoms with Gasteiger partial charge in [0, 0.05) is 28.4 Å². The van der Waals surface area contributed by atoms with E-state index < -0.39 is 0 Å². The molecule has 0 spiro atoms. The molecule has 4 aromatic rings. The summed E-state index contributed by atoms with van der Waals surface area (Å²) in [6.07, 6.45) is 1.78. The molecule has 2 aromatic carbocycles. The van der Waals surface area contributed by atoms with Crippen LogP contribution < -0.4 is 4.90 Å². The third-order valence-corrected chi connectivity index (χ3v) is 5.70. The number of nitrogens with zero attached hydrogens (tertiary/aromatic N) is 3. The molecule has 154 valence electrons. The van der Waals surface area contributed by atoms with Gasteiger partial charge in [0.25, 0.3) is 5.91 Å². The summed E-state index contributed by atoms with van der Waals surface area (Å²) in [5, 5.41) is 7.56. The molecule has 1 amide bonds. The number of pyridine rings is 1. The number of benzene rings is 2. The Labute approximate surface area is 181 Å². The molecule has 0 saturated carbocycles. The van der Waals surface area contributed by atoms with E-state index in [0.717, 1.165) is 33.8 Å². The average Bonchev–Trinajstić information content (AvgIpc) is 3.34. The molecule has 0 fully saturated rings. The van der Waals surface area contributed by atoms with Gasteiger partial charge in [-0.3, -0.25) is 19.8 Å². The molecule has 1 aliphatic heterocycles. The summed E-state index contributed by atoms with van der Waals surface area (Å²) in [5.74, 6) is -0.0579. The lowest BCUT2D eigenvalue weighted by Gasteiger charge is -2.28. The van der Waals surface area contributed by atoms with Gasteiger partial charge in [-0.05, 0) is 29.8 Å². The van der Waals surface area contributed by atoms with E-state index in [-0.39, 0.29) is 17.4 Å². The summed E-state index contributed by atoms with van der Waals surface area (Å²) in [6.45, 7) is 6.38. The molecule has 5 heteroatoms. The summed E-state index contributed by atoms with van der Waals surface area (Å²) < 4.78 is 0. The lowest BCUT2D eigenvalue weighted by molar-refractivity contribution is 0.0988. The van der Waals surface area contributed by atoms with Crippen molar-refractivity contribution in [2.75, 3.05) is 4.90 Å². The van der Waals surface area contributed by atoms with Gasteiger partial charge in [0.1, 0.15) is 5.69 Å². The molecule has 1 aliphatic rings. The number of rotatable bonds is 3. The van der Waals surface area contributed by atoms with Crippen molar-refractivity contribution in [3.05, 3.63) is 102 Å². The monoisotopic (exact) mass is 408 g/mol. The van der Waals surface area contributed by atoms with Gasteiger partial charge in [-0.1, -0.05) is 69.3 Å². The first kappa shape index (κ1) is 19.2. The molecule has 5 rings (SSSR count). The van der Waals surface area contributed by atoms with Gasteiger partial charge >= 0.3 is 0 Å². The van der Waals surface area contributed by atoms with Crippen LogP contribution in [0.5, 0.6) is 0 Å². The van der Waals surface area contributed by atoms with Crippen molar-refractivity contribution in [2.24, 2.45) is 0 Å². The maximum atomic E-state index is 13.5. The van der Waals surface area contributed by atoms with Crippen LogP contribution in [0.4, 0.5) is 5.69 Å². The van der Waals surface area contributed by atoms with Crippen LogP contribution in [0.1, 0.15) is 54.1 Å². The lowest BCUT2D eigenvalue weighted by Crippen LogP contribution is -2.30. The Morgan fingerprint density at radius 3 is 2.26 bits per heavy atom. The van der Waals surface area contributed by atoms with Crippen LogP contribution in [-0.4, -0.2) is 21.1 Å². The molecule has 0 aliphatic carbocycles. The zero-order valence-corrected chi connectivity index (χ0v) is 17.8. The number of anilines is 1. The number of hydrogen-bond donors (Lipinski definition) is 1. The maximum absolute atomic E-state index is 13.5. The molecule has 1 atom stereocenters. The van der Waals surface area contributed by atoms with Gasteiger partial charge < -0.3 is 0 Å². The van der Waals surface area contributed by atoms with E-state index in [1.165, 1.54) is 0 Å². The number of fused-ring (bicyclic) bond motifs is 1. The van der Waals surface area contributed by atoms with Crippen molar-refractivity contribution in [2.45, 2.75) is 32.2 Å². The van der Waals surface area contributed by atoms with Crippen LogP contribution in [0.25, 0.3) is 11.3 Å². The van der Waals surface area contributed by atoms with Gasteiger partial charge in [-0.15, -0.1) is 0 Å². The molecular formula is C26H24N4O. The molecule has 3 heterocycles. The van der Waals surface area contributed by atoms with E-state index >= 15 is 0 Å². The maximum Gasteiger partial charge on any atom is 0.277 e. The largest absolute Gasteiger partial charge is 0.295 e. The predicted octanol–water partition coefficient (Wildman–Crippen LogP) is 5.52. The lowest BCUT2D eigenvalue weighted by atomic mass is 9.85. The molecule has 5 nitrogen and oxygen atoms in total. The minimum Gasteiger partial charge on any atom is -0.295 e. The summed E-state index contributed by atoms with van der Waals surface area (Å²) in [5.41, 5.74) is 6.13. The van der Waals surface area contributed by atoms with Crippen molar-refractivity contribution in [3.8, 4) is 11.3 Å². The molecule has 1 unspecified atom stereocenters. The minimum absolute atomic E-state index is 0.0579. The van der Waals surface area contributed by atoms with Gasteiger partial charge in [-0.2, -0.15) is 5.10 Å². The van der Waals surface area contributed by atoms with Gasteiger partial charge in [0.15, 0.2) is 0 Å². The number of aromatic nitrogens is 3. The highest BCUT2D eigenvalue weighted by Gasteiger charge is 2.44. The van der Waals surface area contributed by atoms with E-state index in [4.69, 9.17) is 0 Å². The van der Waals surface area contributed by atoms with E-state index in [2.05, 4.69) is 48.1 Å². The summed E-state index contributed by atoms with van der Waals surface area (Å²) in [7, 11) is 0. The fourth-order valence-electron chi connectivity index (χ4n) is 4.26. The Morgan fingerprint density at radius 1 is 0.903 bits per heavy atom. The van der Waals surface area contributed by atoms with Crippen molar-refractivity contribution >= 4 is 11.6 Å². The Bertz CT molecular complexity index is 1220. The summed E-state index contributed by atoms with van der Waals surface area (Å²) in [6, 6.07) is 23.8. The molecule has 1 N–H and O–H groups in total. The molecule has 31 heavy (non-hydrogen) atoms. The van der Waals surface area contributed by atoms with E-state index in [0.29, 0.717) is 5.69 Å². The second-order valence-corrected chi connectivity index (χ2v) is 8.86. The highest BCUT2D eigenvalue weighted by atomic mass is 16.2. The summed E-state index contributed by atoms with van der Waals surface area (Å²) in [4.78, 5) is 19.8. The Hall–Kier alpha value is -3.73. The van der Waals surface area contributed by atoms with Crippen LogP contribution >= 0.6 is 0 Å². The first-order valence-corrected chi connectivity index (χ1v) is 10.4. The number of aromatic amines is 1. The third kappa shape index (κ3) is 3.22. The number of hydrogen-bond acceptors (Lipinski definition) is 3. The van der Waals surface area contributed by atoms with Gasteiger partial charge in [-0.25, -0.2) is 0 Å². The summed E-state index contributed by atoms with van der Waals surface area (Å²) >= 11 is 0. The highest BCUT2D eigenvalue weighted by molar-refractivity contribution is 6.10. The molecule has 0 saturated heterocycles. The van der Waals surface area contributed by atoms with E-state index in [1.54, 1.807) is 6.20 Å². The highest BCUT2D eigenvalue weighted by Crippen LogP contribution is 2.45. The van der Waals surface area contributed by atoms with Crippen molar-refractivity contribution in [1.82, 2.24) is 15.2 Å². The second-order valence-electron chi connectivity index (χ2n) is 8.86. The normalized spacial score (nSPS) is 15.9. The quantitative estimate of drug-likeness (QED) is 0.486. The Balaban J connectivity index is 1.62. The van der Waals surface area contributed by atoms with Crippen LogP contribution in [0.3, 0.4) is 0 Å². The minimum atomic E-state index is -0.225. The fraction of sp³-hybridized carbons (Fsp3) is 0.192. The number of amides is 1. The van der Waals surface area contributed by atoms with Crippen LogP contribution in [-0.2, 0) is 5.41 Å². The number of H-pyrrole nitrogens is 1. The molecular weight excluding hydrogens is 384 g/mol. The van der Waals surface area contributed by atoms with E-state index in [1.807, 2.05) is 65.6 Å². The molecule has 2 aromatic heterocycles. The van der Waals surface area contributed by atoms with Crippen LogP contribution in [0.2, 0.25) is 0 Å². The van der Waals surface area contributed by atoms with Crippen molar-refractivity contribution in [3.63, 3.8) is 0 Å². The Morgan fingerprint density at radius 2 is 1.61 bits per heavy atom. The molecule has 0 radical (unpaired) electrons. The zero-order chi connectivity index (χ0) is 21.6. The van der Waals surface area contributed by atoms with Crippen LogP contribution in [0.15, 0.2) is 79.0 Å². The SMILES string of the molecule is CC(C)(C)c1n[nH]c2c1C(c1ccccc1)N(c1ccc(-c3ccccn3)cc1)C2=O. The topological polar surface area (TPSA) is 61.9 Å². The van der Waals surface area contributed by atoms with E-state index in [9.17, 15) is 4.79 Å².